The Bertz CT molecular complexity index is 1050. The smallest absolute Gasteiger partial charge is 0.156 e. The number of nitriles is 1. The van der Waals surface area contributed by atoms with Crippen LogP contribution < -0.4 is 10.1 Å². The Morgan fingerprint density at radius 1 is 1.14 bits per heavy atom. The van der Waals surface area contributed by atoms with E-state index < -0.39 is 0 Å². The van der Waals surface area contributed by atoms with Crippen molar-refractivity contribution in [1.29, 1.82) is 5.26 Å². The van der Waals surface area contributed by atoms with Crippen LogP contribution in [0, 0.1) is 11.3 Å². The van der Waals surface area contributed by atoms with Crippen LogP contribution in [0.25, 0.3) is 10.8 Å². The Balaban J connectivity index is 1.87. The van der Waals surface area contributed by atoms with E-state index in [1.807, 2.05) is 36.4 Å². The molecule has 0 unspecified atom stereocenters. The maximum Gasteiger partial charge on any atom is 0.156 e. The zero-order valence-electron chi connectivity index (χ0n) is 16.9. The van der Waals surface area contributed by atoms with Gasteiger partial charge in [-0.25, -0.2) is 0 Å². The molecule has 0 saturated heterocycles. The van der Waals surface area contributed by atoms with Gasteiger partial charge in [0.2, 0.25) is 0 Å². The summed E-state index contributed by atoms with van der Waals surface area (Å²) in [5.74, 6) is 1.29. The molecule has 0 aliphatic rings. The highest BCUT2D eigenvalue weighted by atomic mass is 35.5. The molecule has 1 N–H and O–H groups in total. The molecule has 0 aliphatic carbocycles. The summed E-state index contributed by atoms with van der Waals surface area (Å²) in [6, 6.07) is 13.5. The second-order valence-corrected chi connectivity index (χ2v) is 7.50. The van der Waals surface area contributed by atoms with Crippen molar-refractivity contribution in [3.05, 3.63) is 58.2 Å². The average Bonchev–Trinajstić information content (AvgIpc) is 2.72. The van der Waals surface area contributed by atoms with E-state index in [9.17, 15) is 5.26 Å². The van der Waals surface area contributed by atoms with Crippen LogP contribution >= 0.6 is 11.6 Å². The van der Waals surface area contributed by atoms with Crippen molar-refractivity contribution >= 4 is 28.2 Å². The number of ether oxygens (including phenoxy) is 1. The first-order valence-electron chi connectivity index (χ1n) is 9.42. The normalized spacial score (nSPS) is 10.9. The van der Waals surface area contributed by atoms with E-state index in [0.717, 1.165) is 41.4 Å². The summed E-state index contributed by atoms with van der Waals surface area (Å²) in [5.41, 5.74) is 2.54. The number of aromatic nitrogens is 2. The van der Waals surface area contributed by atoms with Gasteiger partial charge in [-0.05, 0) is 63.3 Å². The summed E-state index contributed by atoms with van der Waals surface area (Å²) in [5, 5.41) is 24.0. The Morgan fingerprint density at radius 3 is 2.66 bits per heavy atom. The van der Waals surface area contributed by atoms with Gasteiger partial charge in [-0.2, -0.15) is 10.4 Å². The minimum Gasteiger partial charge on any atom is -0.495 e. The van der Waals surface area contributed by atoms with Gasteiger partial charge in [0.05, 0.1) is 29.5 Å². The van der Waals surface area contributed by atoms with Gasteiger partial charge in [-0.1, -0.05) is 23.7 Å². The van der Waals surface area contributed by atoms with E-state index in [0.29, 0.717) is 28.7 Å². The Kier molecular flexibility index (Phi) is 6.86. The van der Waals surface area contributed by atoms with Crippen LogP contribution in [0.4, 0.5) is 5.82 Å². The zero-order valence-corrected chi connectivity index (χ0v) is 17.6. The quantitative estimate of drug-likeness (QED) is 0.598. The minimum absolute atomic E-state index is 0.532. The van der Waals surface area contributed by atoms with E-state index >= 15 is 0 Å². The van der Waals surface area contributed by atoms with Crippen LogP contribution in [0.15, 0.2) is 36.4 Å². The van der Waals surface area contributed by atoms with E-state index in [1.54, 1.807) is 7.11 Å². The fourth-order valence-electron chi connectivity index (χ4n) is 3.16. The van der Waals surface area contributed by atoms with Crippen molar-refractivity contribution in [2.24, 2.45) is 0 Å². The molecule has 7 heteroatoms. The summed E-state index contributed by atoms with van der Waals surface area (Å²) in [6.45, 7) is 1.52. The molecule has 0 bridgehead atoms. The van der Waals surface area contributed by atoms with E-state index in [4.69, 9.17) is 16.3 Å². The van der Waals surface area contributed by atoms with Crippen LogP contribution in [-0.2, 0) is 13.0 Å². The molecule has 1 heterocycles. The van der Waals surface area contributed by atoms with Crippen molar-refractivity contribution in [2.45, 2.75) is 19.4 Å². The summed E-state index contributed by atoms with van der Waals surface area (Å²) < 4.78 is 5.20. The predicted molar refractivity (Wildman–Crippen MR) is 116 cm³/mol. The van der Waals surface area contributed by atoms with Crippen molar-refractivity contribution < 1.29 is 4.74 Å². The lowest BCUT2D eigenvalue weighted by molar-refractivity contribution is 0.399. The van der Waals surface area contributed by atoms with Gasteiger partial charge in [-0.15, -0.1) is 5.10 Å². The molecule has 0 atom stereocenters. The number of nitrogens with one attached hydrogen (secondary N) is 1. The number of hydrogen-bond donors (Lipinski definition) is 1. The van der Waals surface area contributed by atoms with Gasteiger partial charge in [-0.3, -0.25) is 0 Å². The molecular weight excluding hydrogens is 386 g/mol. The SMILES string of the molecule is COc1ccc(CNc2nnc(CCCN(C)C)c3ccc(C#N)cc23)cc1Cl. The summed E-state index contributed by atoms with van der Waals surface area (Å²) >= 11 is 6.22. The molecule has 29 heavy (non-hydrogen) atoms. The fourth-order valence-corrected chi connectivity index (χ4v) is 3.44. The maximum atomic E-state index is 9.31. The zero-order chi connectivity index (χ0) is 20.8. The fraction of sp³-hybridized carbons (Fsp3) is 0.318. The standard InChI is InChI=1S/C22H24ClN5O/c1-28(2)10-4-5-20-17-8-6-15(13-24)11-18(17)22(27-26-20)25-14-16-7-9-21(29-3)19(23)12-16/h6-9,11-12H,4-5,10,14H2,1-3H3,(H,25,27). The number of rotatable bonds is 8. The number of nitrogens with zero attached hydrogens (tertiary/aromatic N) is 4. The van der Waals surface area contributed by atoms with Crippen molar-refractivity contribution in [3.63, 3.8) is 0 Å². The first kappa shape index (κ1) is 20.8. The van der Waals surface area contributed by atoms with Gasteiger partial charge in [0.1, 0.15) is 5.75 Å². The molecule has 150 valence electrons. The van der Waals surface area contributed by atoms with E-state index in [-0.39, 0.29) is 0 Å². The topological polar surface area (TPSA) is 74.1 Å². The maximum absolute atomic E-state index is 9.31. The Hall–Kier alpha value is -2.88. The number of hydrogen-bond acceptors (Lipinski definition) is 6. The number of methoxy groups -OCH3 is 1. The average molecular weight is 410 g/mol. The molecule has 0 saturated carbocycles. The summed E-state index contributed by atoms with van der Waals surface area (Å²) in [4.78, 5) is 2.15. The van der Waals surface area contributed by atoms with Crippen LogP contribution in [0.1, 0.15) is 23.2 Å². The largest absolute Gasteiger partial charge is 0.495 e. The molecule has 6 nitrogen and oxygen atoms in total. The molecule has 1 aromatic heterocycles. The molecule has 0 fully saturated rings. The van der Waals surface area contributed by atoms with Crippen LogP contribution in [-0.4, -0.2) is 42.8 Å². The van der Waals surface area contributed by atoms with Crippen LogP contribution in [0.2, 0.25) is 5.02 Å². The third kappa shape index (κ3) is 5.14. The Labute approximate surface area is 176 Å². The van der Waals surface area contributed by atoms with Gasteiger partial charge in [0, 0.05) is 17.3 Å². The number of aryl methyl sites for hydroxylation is 1. The van der Waals surface area contributed by atoms with Gasteiger partial charge >= 0.3 is 0 Å². The minimum atomic E-state index is 0.532. The highest BCUT2D eigenvalue weighted by Gasteiger charge is 2.11. The Morgan fingerprint density at radius 2 is 1.97 bits per heavy atom. The lowest BCUT2D eigenvalue weighted by Crippen LogP contribution is -2.14. The third-order valence-electron chi connectivity index (χ3n) is 4.68. The van der Waals surface area contributed by atoms with Crippen molar-refractivity contribution in [1.82, 2.24) is 15.1 Å². The predicted octanol–water partition coefficient (Wildman–Crippen LogP) is 4.27. The van der Waals surface area contributed by atoms with E-state index in [1.165, 1.54) is 0 Å². The molecular formula is C22H24ClN5O. The molecule has 0 amide bonds. The second kappa shape index (κ2) is 9.55. The van der Waals surface area contributed by atoms with Gasteiger partial charge < -0.3 is 15.0 Å². The first-order chi connectivity index (χ1) is 14.0. The van der Waals surface area contributed by atoms with Crippen molar-refractivity contribution in [2.75, 3.05) is 33.1 Å². The number of fused-ring (bicyclic) bond motifs is 1. The molecule has 2 aromatic carbocycles. The highest BCUT2D eigenvalue weighted by Crippen LogP contribution is 2.27. The summed E-state index contributed by atoms with van der Waals surface area (Å²) in [6.07, 6.45) is 1.83. The lowest BCUT2D eigenvalue weighted by Gasteiger charge is -2.13. The van der Waals surface area contributed by atoms with Crippen LogP contribution in [0.3, 0.4) is 0 Å². The number of halogens is 1. The van der Waals surface area contributed by atoms with Gasteiger partial charge in [0.15, 0.2) is 5.82 Å². The molecule has 3 aromatic rings. The second-order valence-electron chi connectivity index (χ2n) is 7.10. The van der Waals surface area contributed by atoms with Crippen LogP contribution in [0.5, 0.6) is 5.75 Å². The molecule has 0 radical (unpaired) electrons. The van der Waals surface area contributed by atoms with Crippen molar-refractivity contribution in [3.8, 4) is 11.8 Å². The molecule has 0 spiro atoms. The molecule has 0 aliphatic heterocycles. The lowest BCUT2D eigenvalue weighted by atomic mass is 10.0. The van der Waals surface area contributed by atoms with E-state index in [2.05, 4.69) is 40.6 Å². The highest BCUT2D eigenvalue weighted by molar-refractivity contribution is 6.32. The molecule has 3 rings (SSSR count). The first-order valence-corrected chi connectivity index (χ1v) is 9.80. The monoisotopic (exact) mass is 409 g/mol. The van der Waals surface area contributed by atoms with Gasteiger partial charge in [0.25, 0.3) is 0 Å². The number of benzene rings is 2. The summed E-state index contributed by atoms with van der Waals surface area (Å²) in [7, 11) is 5.70. The number of anilines is 1. The third-order valence-corrected chi connectivity index (χ3v) is 4.98.